The van der Waals surface area contributed by atoms with Crippen LogP contribution in [0.5, 0.6) is 11.5 Å². The van der Waals surface area contributed by atoms with Crippen molar-refractivity contribution in [1.29, 1.82) is 0 Å². The van der Waals surface area contributed by atoms with Gasteiger partial charge in [-0.25, -0.2) is 9.97 Å². The molecule has 7 heteroatoms. The van der Waals surface area contributed by atoms with Crippen LogP contribution in [0.15, 0.2) is 18.2 Å². The number of aromatic nitrogens is 2. The number of ether oxygens (including phenoxy) is 2. The molecule has 24 heavy (non-hydrogen) atoms. The molecule has 0 spiro atoms. The highest BCUT2D eigenvalue weighted by atomic mass is 35.5. The van der Waals surface area contributed by atoms with Gasteiger partial charge in [0.2, 0.25) is 0 Å². The lowest BCUT2D eigenvalue weighted by atomic mass is 10.2. The largest absolute Gasteiger partial charge is 0.495 e. The topological polar surface area (TPSA) is 59.5 Å². The number of hydrogen-bond acceptors (Lipinski definition) is 6. The normalized spacial score (nSPS) is 10.4. The van der Waals surface area contributed by atoms with Gasteiger partial charge in [-0.3, -0.25) is 0 Å². The number of halogens is 1. The Morgan fingerprint density at radius 3 is 2.29 bits per heavy atom. The van der Waals surface area contributed by atoms with Gasteiger partial charge in [-0.15, -0.1) is 0 Å². The molecular weight excluding hydrogens is 328 g/mol. The molecule has 0 aliphatic carbocycles. The van der Waals surface area contributed by atoms with E-state index in [1.54, 1.807) is 26.4 Å². The predicted octanol–water partition coefficient (Wildman–Crippen LogP) is 4.05. The van der Waals surface area contributed by atoms with E-state index in [0.717, 1.165) is 24.6 Å². The molecule has 1 N–H and O–H groups in total. The number of rotatable bonds is 7. The minimum absolute atomic E-state index is 0.489. The van der Waals surface area contributed by atoms with Crippen LogP contribution in [0.3, 0.4) is 0 Å². The number of aryl methyl sites for hydroxylation is 1. The molecule has 6 nitrogen and oxygen atoms in total. The van der Waals surface area contributed by atoms with Gasteiger partial charge in [0.15, 0.2) is 0 Å². The zero-order chi connectivity index (χ0) is 17.7. The Hall–Kier alpha value is -2.21. The molecule has 0 atom stereocenters. The first kappa shape index (κ1) is 18.1. The van der Waals surface area contributed by atoms with E-state index in [4.69, 9.17) is 21.1 Å². The predicted molar refractivity (Wildman–Crippen MR) is 98.2 cm³/mol. The monoisotopic (exact) mass is 350 g/mol. The molecule has 2 rings (SSSR count). The van der Waals surface area contributed by atoms with Crippen molar-refractivity contribution in [2.75, 3.05) is 37.5 Å². The lowest BCUT2D eigenvalue weighted by Crippen LogP contribution is -2.23. The van der Waals surface area contributed by atoms with E-state index in [0.29, 0.717) is 28.2 Å². The lowest BCUT2D eigenvalue weighted by molar-refractivity contribution is 0.405. The molecule has 2 aromatic rings. The molecule has 0 saturated heterocycles. The van der Waals surface area contributed by atoms with E-state index in [1.165, 1.54) is 0 Å². The summed E-state index contributed by atoms with van der Waals surface area (Å²) in [6, 6.07) is 5.41. The first-order valence-electron chi connectivity index (χ1n) is 7.81. The van der Waals surface area contributed by atoms with Crippen LogP contribution in [0.25, 0.3) is 0 Å². The summed E-state index contributed by atoms with van der Waals surface area (Å²) in [7, 11) is 3.17. The molecule has 0 amide bonds. The minimum Gasteiger partial charge on any atom is -0.495 e. The molecule has 0 bridgehead atoms. The Morgan fingerprint density at radius 2 is 1.71 bits per heavy atom. The third-order valence-electron chi connectivity index (χ3n) is 3.65. The van der Waals surface area contributed by atoms with E-state index in [-0.39, 0.29) is 0 Å². The van der Waals surface area contributed by atoms with Gasteiger partial charge in [-0.2, -0.15) is 0 Å². The van der Waals surface area contributed by atoms with Crippen molar-refractivity contribution in [3.05, 3.63) is 29.0 Å². The van der Waals surface area contributed by atoms with Gasteiger partial charge in [-0.05, 0) is 20.8 Å². The van der Waals surface area contributed by atoms with Crippen LogP contribution >= 0.6 is 11.6 Å². The number of nitrogens with zero attached hydrogens (tertiary/aromatic N) is 3. The van der Waals surface area contributed by atoms with Crippen LogP contribution in [-0.4, -0.2) is 37.3 Å². The van der Waals surface area contributed by atoms with Crippen molar-refractivity contribution in [2.24, 2.45) is 0 Å². The quantitative estimate of drug-likeness (QED) is 0.813. The first-order valence-corrected chi connectivity index (χ1v) is 8.19. The van der Waals surface area contributed by atoms with Gasteiger partial charge < -0.3 is 19.7 Å². The zero-order valence-electron chi connectivity index (χ0n) is 14.7. The van der Waals surface area contributed by atoms with Crippen molar-refractivity contribution in [3.8, 4) is 11.5 Å². The van der Waals surface area contributed by atoms with Gasteiger partial charge in [0.25, 0.3) is 0 Å². The standard InChI is InChI=1S/C17H23ClN4O2/c1-6-22(7-2)17-10-16(19-11(3)20-17)21-13-9-14(23-4)12(18)8-15(13)24-5/h8-10H,6-7H2,1-5H3,(H,19,20,21). The fraction of sp³-hybridized carbons (Fsp3) is 0.412. The maximum absolute atomic E-state index is 6.15. The number of methoxy groups -OCH3 is 2. The number of benzene rings is 1. The molecule has 0 saturated carbocycles. The number of nitrogens with one attached hydrogen (secondary N) is 1. The van der Waals surface area contributed by atoms with Crippen molar-refractivity contribution >= 4 is 28.9 Å². The highest BCUT2D eigenvalue weighted by Gasteiger charge is 2.13. The molecule has 1 aromatic carbocycles. The van der Waals surface area contributed by atoms with E-state index < -0.39 is 0 Å². The second-order valence-corrected chi connectivity index (χ2v) is 5.55. The van der Waals surface area contributed by atoms with Crippen LogP contribution in [-0.2, 0) is 0 Å². The molecule has 0 radical (unpaired) electrons. The Bertz CT molecular complexity index is 705. The Labute approximate surface area is 147 Å². The molecule has 0 unspecified atom stereocenters. The van der Waals surface area contributed by atoms with E-state index in [9.17, 15) is 0 Å². The summed E-state index contributed by atoms with van der Waals surface area (Å²) in [5, 5.41) is 3.76. The average Bonchev–Trinajstić information content (AvgIpc) is 2.56. The van der Waals surface area contributed by atoms with E-state index in [2.05, 4.69) is 34.0 Å². The molecule has 1 heterocycles. The lowest BCUT2D eigenvalue weighted by Gasteiger charge is -2.21. The molecule has 0 fully saturated rings. The molecule has 130 valence electrons. The first-order chi connectivity index (χ1) is 11.5. The summed E-state index contributed by atoms with van der Waals surface area (Å²) in [6.07, 6.45) is 0. The van der Waals surface area contributed by atoms with Gasteiger partial charge in [0.1, 0.15) is 29.0 Å². The van der Waals surface area contributed by atoms with Crippen LogP contribution < -0.4 is 19.7 Å². The van der Waals surface area contributed by atoms with Crippen molar-refractivity contribution in [1.82, 2.24) is 9.97 Å². The van der Waals surface area contributed by atoms with Crippen LogP contribution in [0.2, 0.25) is 5.02 Å². The van der Waals surface area contributed by atoms with E-state index in [1.807, 2.05) is 13.0 Å². The average molecular weight is 351 g/mol. The summed E-state index contributed by atoms with van der Waals surface area (Å²) >= 11 is 6.15. The molecule has 1 aromatic heterocycles. The summed E-state index contributed by atoms with van der Waals surface area (Å²) in [5.74, 6) is 3.44. The number of anilines is 3. The molecular formula is C17H23ClN4O2. The van der Waals surface area contributed by atoms with E-state index >= 15 is 0 Å². The smallest absolute Gasteiger partial charge is 0.144 e. The summed E-state index contributed by atoms with van der Waals surface area (Å²) in [5.41, 5.74) is 0.724. The SMILES string of the molecule is CCN(CC)c1cc(Nc2cc(OC)c(Cl)cc2OC)nc(C)n1. The third-order valence-corrected chi connectivity index (χ3v) is 3.94. The van der Waals surface area contributed by atoms with Crippen LogP contribution in [0.1, 0.15) is 19.7 Å². The van der Waals surface area contributed by atoms with Gasteiger partial charge in [0, 0.05) is 31.3 Å². The Morgan fingerprint density at radius 1 is 1.04 bits per heavy atom. The Balaban J connectivity index is 2.40. The number of hydrogen-bond donors (Lipinski definition) is 1. The maximum atomic E-state index is 6.15. The maximum Gasteiger partial charge on any atom is 0.144 e. The summed E-state index contributed by atoms with van der Waals surface area (Å²) in [4.78, 5) is 11.1. The molecule has 0 aliphatic rings. The van der Waals surface area contributed by atoms with Gasteiger partial charge in [-0.1, -0.05) is 11.6 Å². The zero-order valence-corrected chi connectivity index (χ0v) is 15.4. The van der Waals surface area contributed by atoms with Gasteiger partial charge in [0.05, 0.1) is 24.9 Å². The summed E-state index contributed by atoms with van der Waals surface area (Å²) < 4.78 is 10.7. The summed E-state index contributed by atoms with van der Waals surface area (Å²) in [6.45, 7) is 7.83. The fourth-order valence-corrected chi connectivity index (χ4v) is 2.65. The minimum atomic E-state index is 0.489. The highest BCUT2D eigenvalue weighted by Crippen LogP contribution is 2.37. The van der Waals surface area contributed by atoms with Gasteiger partial charge >= 0.3 is 0 Å². The Kier molecular flexibility index (Phi) is 6.09. The molecule has 0 aliphatic heterocycles. The van der Waals surface area contributed by atoms with Crippen LogP contribution in [0, 0.1) is 6.92 Å². The third kappa shape index (κ3) is 4.00. The highest BCUT2D eigenvalue weighted by molar-refractivity contribution is 6.32. The second kappa shape index (κ2) is 8.06. The second-order valence-electron chi connectivity index (χ2n) is 5.14. The van der Waals surface area contributed by atoms with Crippen molar-refractivity contribution < 1.29 is 9.47 Å². The fourth-order valence-electron chi connectivity index (χ4n) is 2.42. The van der Waals surface area contributed by atoms with Crippen molar-refractivity contribution in [3.63, 3.8) is 0 Å². The van der Waals surface area contributed by atoms with Crippen molar-refractivity contribution in [2.45, 2.75) is 20.8 Å². The van der Waals surface area contributed by atoms with Crippen LogP contribution in [0.4, 0.5) is 17.3 Å².